The number of rotatable bonds is 3. The summed E-state index contributed by atoms with van der Waals surface area (Å²) >= 11 is 0. The Hall–Kier alpha value is -1.64. The maximum absolute atomic E-state index is 3.90. The third kappa shape index (κ3) is 2.15. The van der Waals surface area contributed by atoms with Crippen LogP contribution in [0.15, 0.2) is 42.7 Å². The van der Waals surface area contributed by atoms with Crippen molar-refractivity contribution in [3.8, 4) is 0 Å². The van der Waals surface area contributed by atoms with E-state index in [2.05, 4.69) is 34.6 Å². The second kappa shape index (κ2) is 3.85. The second-order valence-electron chi connectivity index (χ2n) is 2.90. The Morgan fingerprint density at radius 3 is 2.69 bits per heavy atom. The van der Waals surface area contributed by atoms with Gasteiger partial charge in [-0.3, -0.25) is 4.68 Å². The molecule has 3 heteroatoms. The van der Waals surface area contributed by atoms with Crippen molar-refractivity contribution in [2.75, 3.05) is 0 Å². The van der Waals surface area contributed by atoms with Crippen LogP contribution in [0.25, 0.3) is 0 Å². The average molecular weight is 173 g/mol. The van der Waals surface area contributed by atoms with Crippen LogP contribution >= 0.6 is 0 Å². The molecule has 1 heterocycles. The van der Waals surface area contributed by atoms with Crippen molar-refractivity contribution in [2.45, 2.75) is 13.0 Å². The van der Waals surface area contributed by atoms with Crippen LogP contribution in [0.3, 0.4) is 0 Å². The predicted octanol–water partition coefficient (Wildman–Crippen LogP) is 1.52. The van der Waals surface area contributed by atoms with Gasteiger partial charge in [0.2, 0.25) is 0 Å². The average Bonchev–Trinajstić information content (AvgIpc) is 2.69. The van der Waals surface area contributed by atoms with Gasteiger partial charge in [0.1, 0.15) is 0 Å². The van der Waals surface area contributed by atoms with E-state index in [1.165, 1.54) is 5.56 Å². The smallest absolute Gasteiger partial charge is 0.0692 e. The fourth-order valence-corrected chi connectivity index (χ4v) is 1.24. The first-order valence-corrected chi connectivity index (χ1v) is 4.33. The Labute approximate surface area is 77.0 Å². The molecule has 0 aliphatic carbocycles. The largest absolute Gasteiger partial charge is 0.252 e. The van der Waals surface area contributed by atoms with E-state index in [9.17, 15) is 0 Å². The fraction of sp³-hybridized carbons (Fsp3) is 0.200. The zero-order chi connectivity index (χ0) is 8.93. The molecule has 0 fully saturated rings. The quantitative estimate of drug-likeness (QED) is 0.704. The molecule has 1 aromatic heterocycles. The molecule has 0 saturated carbocycles. The number of hydrogen-bond donors (Lipinski definition) is 0. The summed E-state index contributed by atoms with van der Waals surface area (Å²) in [6.07, 6.45) is 4.58. The maximum atomic E-state index is 3.90. The summed E-state index contributed by atoms with van der Waals surface area (Å²) < 4.78 is 1.84. The van der Waals surface area contributed by atoms with Crippen LogP contribution in [0.1, 0.15) is 5.56 Å². The van der Waals surface area contributed by atoms with E-state index >= 15 is 0 Å². The molecule has 0 saturated heterocycles. The van der Waals surface area contributed by atoms with Gasteiger partial charge in [-0.1, -0.05) is 35.5 Å². The van der Waals surface area contributed by atoms with E-state index in [0.29, 0.717) is 0 Å². The molecule has 0 aliphatic rings. The molecule has 0 amide bonds. The van der Waals surface area contributed by atoms with E-state index in [0.717, 1.165) is 13.0 Å². The lowest BCUT2D eigenvalue weighted by molar-refractivity contribution is 0.589. The van der Waals surface area contributed by atoms with Crippen LogP contribution in [0.5, 0.6) is 0 Å². The number of aryl methyl sites for hydroxylation is 2. The monoisotopic (exact) mass is 173 g/mol. The minimum atomic E-state index is 0.893. The number of hydrogen-bond acceptors (Lipinski definition) is 2. The van der Waals surface area contributed by atoms with Crippen LogP contribution in [0.2, 0.25) is 0 Å². The Kier molecular flexibility index (Phi) is 2.36. The van der Waals surface area contributed by atoms with Crippen molar-refractivity contribution in [1.29, 1.82) is 0 Å². The molecular formula is C10H11N3. The van der Waals surface area contributed by atoms with E-state index < -0.39 is 0 Å². The van der Waals surface area contributed by atoms with Gasteiger partial charge in [-0.15, -0.1) is 5.10 Å². The van der Waals surface area contributed by atoms with Crippen molar-refractivity contribution in [3.63, 3.8) is 0 Å². The summed E-state index contributed by atoms with van der Waals surface area (Å²) in [5.74, 6) is 0. The Morgan fingerprint density at radius 2 is 2.00 bits per heavy atom. The lowest BCUT2D eigenvalue weighted by Gasteiger charge is -1.99. The standard InChI is InChI=1S/C10H11N3/c1-2-4-10(5-3-1)6-8-13-9-7-11-12-13/h1-5,7,9H,6,8H2. The van der Waals surface area contributed by atoms with Gasteiger partial charge in [0.25, 0.3) is 0 Å². The summed E-state index contributed by atoms with van der Waals surface area (Å²) in [6, 6.07) is 10.4. The molecular weight excluding hydrogens is 162 g/mol. The highest BCUT2D eigenvalue weighted by atomic mass is 15.4. The van der Waals surface area contributed by atoms with Crippen molar-refractivity contribution >= 4 is 0 Å². The number of benzene rings is 1. The van der Waals surface area contributed by atoms with E-state index in [4.69, 9.17) is 0 Å². The highest BCUT2D eigenvalue weighted by molar-refractivity contribution is 5.14. The third-order valence-electron chi connectivity index (χ3n) is 1.94. The highest BCUT2D eigenvalue weighted by Crippen LogP contribution is 2.00. The third-order valence-corrected chi connectivity index (χ3v) is 1.94. The van der Waals surface area contributed by atoms with Gasteiger partial charge in [0.05, 0.1) is 6.20 Å². The van der Waals surface area contributed by atoms with E-state index in [1.54, 1.807) is 6.20 Å². The predicted molar refractivity (Wildman–Crippen MR) is 50.2 cm³/mol. The zero-order valence-electron chi connectivity index (χ0n) is 7.30. The fourth-order valence-electron chi connectivity index (χ4n) is 1.24. The van der Waals surface area contributed by atoms with Gasteiger partial charge in [-0.25, -0.2) is 0 Å². The van der Waals surface area contributed by atoms with Gasteiger partial charge in [-0.2, -0.15) is 0 Å². The molecule has 2 rings (SSSR count). The molecule has 0 unspecified atom stereocenters. The lowest BCUT2D eigenvalue weighted by atomic mass is 10.2. The number of aromatic nitrogens is 3. The SMILES string of the molecule is c1ccc(CCn2ccnn2)cc1. The minimum Gasteiger partial charge on any atom is -0.252 e. The summed E-state index contributed by atoms with van der Waals surface area (Å²) in [4.78, 5) is 0. The molecule has 13 heavy (non-hydrogen) atoms. The lowest BCUT2D eigenvalue weighted by Crippen LogP contribution is -2.01. The Balaban J connectivity index is 1.94. The minimum absolute atomic E-state index is 0.893. The number of nitrogens with zero attached hydrogens (tertiary/aromatic N) is 3. The normalized spacial score (nSPS) is 10.2. The summed E-state index contributed by atoms with van der Waals surface area (Å²) in [7, 11) is 0. The molecule has 0 radical (unpaired) electrons. The topological polar surface area (TPSA) is 30.7 Å². The Bertz CT molecular complexity index is 340. The summed E-state index contributed by atoms with van der Waals surface area (Å²) in [5.41, 5.74) is 1.33. The van der Waals surface area contributed by atoms with Crippen LogP contribution in [-0.4, -0.2) is 15.0 Å². The van der Waals surface area contributed by atoms with Crippen molar-refractivity contribution < 1.29 is 0 Å². The summed E-state index contributed by atoms with van der Waals surface area (Å²) in [6.45, 7) is 0.893. The van der Waals surface area contributed by atoms with Gasteiger partial charge in [-0.05, 0) is 12.0 Å². The molecule has 0 bridgehead atoms. The van der Waals surface area contributed by atoms with E-state index in [-0.39, 0.29) is 0 Å². The zero-order valence-corrected chi connectivity index (χ0v) is 7.30. The van der Waals surface area contributed by atoms with Crippen LogP contribution in [0, 0.1) is 0 Å². The molecule has 2 aromatic rings. The molecule has 66 valence electrons. The maximum Gasteiger partial charge on any atom is 0.0692 e. The van der Waals surface area contributed by atoms with Crippen LogP contribution < -0.4 is 0 Å². The van der Waals surface area contributed by atoms with Gasteiger partial charge in [0, 0.05) is 12.7 Å². The Morgan fingerprint density at radius 1 is 1.15 bits per heavy atom. The van der Waals surface area contributed by atoms with E-state index in [1.807, 2.05) is 16.9 Å². The van der Waals surface area contributed by atoms with Gasteiger partial charge >= 0.3 is 0 Å². The van der Waals surface area contributed by atoms with Crippen molar-refractivity contribution in [1.82, 2.24) is 15.0 Å². The molecule has 0 N–H and O–H groups in total. The molecule has 0 spiro atoms. The van der Waals surface area contributed by atoms with Gasteiger partial charge < -0.3 is 0 Å². The van der Waals surface area contributed by atoms with Crippen molar-refractivity contribution in [2.24, 2.45) is 0 Å². The molecule has 1 aromatic carbocycles. The first kappa shape index (κ1) is 7.98. The molecule has 0 atom stereocenters. The van der Waals surface area contributed by atoms with Crippen molar-refractivity contribution in [3.05, 3.63) is 48.3 Å². The second-order valence-corrected chi connectivity index (χ2v) is 2.90. The summed E-state index contributed by atoms with van der Waals surface area (Å²) in [5, 5.41) is 7.65. The van der Waals surface area contributed by atoms with Crippen LogP contribution in [0.4, 0.5) is 0 Å². The van der Waals surface area contributed by atoms with Gasteiger partial charge in [0.15, 0.2) is 0 Å². The first-order chi connectivity index (χ1) is 6.45. The molecule has 3 nitrogen and oxygen atoms in total. The highest BCUT2D eigenvalue weighted by Gasteiger charge is 1.93. The molecule has 0 aliphatic heterocycles. The first-order valence-electron chi connectivity index (χ1n) is 4.33. The van der Waals surface area contributed by atoms with Crippen LogP contribution in [-0.2, 0) is 13.0 Å².